The van der Waals surface area contributed by atoms with Crippen molar-refractivity contribution >= 4 is 11.6 Å². The molecule has 5 N–H and O–H groups in total. The predicted molar refractivity (Wildman–Crippen MR) is 492 cm³/mol. The van der Waals surface area contributed by atoms with Crippen molar-refractivity contribution in [3.63, 3.8) is 0 Å². The van der Waals surface area contributed by atoms with E-state index in [2.05, 4.69) is 418 Å². The zero-order chi connectivity index (χ0) is 82.0. The van der Waals surface area contributed by atoms with Crippen LogP contribution in [0, 0.1) is 53.4 Å². The fourth-order valence-electron chi connectivity index (χ4n) is 13.5. The molecule has 10 atom stereocenters. The monoisotopic (exact) mass is 1520 g/mol. The van der Waals surface area contributed by atoms with E-state index in [0.29, 0.717) is 71.6 Å². The van der Waals surface area contributed by atoms with Gasteiger partial charge in [0.15, 0.2) is 0 Å². The van der Waals surface area contributed by atoms with Gasteiger partial charge >= 0.3 is 0 Å². The van der Waals surface area contributed by atoms with Gasteiger partial charge in [0.1, 0.15) is 0 Å². The Kier molecular flexibility index (Phi) is 45.6. The number of hydrogen-bond acceptors (Lipinski definition) is 5. The van der Waals surface area contributed by atoms with E-state index in [1.165, 1.54) is 106 Å². The molecule has 8 rings (SSSR count). The van der Waals surface area contributed by atoms with E-state index in [1.807, 2.05) is 12.1 Å². The minimum absolute atomic E-state index is 0.363. The fraction of sp³-hybridized carbons (Fsp3) is 0.448. The van der Waals surface area contributed by atoms with Gasteiger partial charge in [-0.15, -0.1) is 0 Å². The molecule has 0 aliphatic carbocycles. The molecule has 0 amide bonds. The van der Waals surface area contributed by atoms with Gasteiger partial charge in [-0.1, -0.05) is 354 Å². The number of allylic oxidation sites excluding steroid dienone is 5. The van der Waals surface area contributed by atoms with E-state index in [9.17, 15) is 0 Å². The Hall–Kier alpha value is -7.45. The second-order valence-corrected chi connectivity index (χ2v) is 34.8. The van der Waals surface area contributed by atoms with Crippen LogP contribution in [0.1, 0.15) is 271 Å². The first-order chi connectivity index (χ1) is 52.7. The molecule has 602 valence electrons. The van der Waals surface area contributed by atoms with Crippen molar-refractivity contribution in [2.45, 2.75) is 285 Å². The summed E-state index contributed by atoms with van der Waals surface area (Å²) in [5.74, 6) is 4.14. The Morgan fingerprint density at radius 1 is 0.252 bits per heavy atom. The number of aryl methyl sites for hydroxylation is 6. The third kappa shape index (κ3) is 42.9. The van der Waals surface area contributed by atoms with E-state index >= 15 is 0 Å². The van der Waals surface area contributed by atoms with Crippen molar-refractivity contribution in [1.29, 1.82) is 0 Å². The number of halogens is 1. The molecule has 0 aliphatic heterocycles. The molecule has 8 aromatic carbocycles. The van der Waals surface area contributed by atoms with Gasteiger partial charge in [0.05, 0.1) is 0 Å². The average molecular weight is 1520 g/mol. The molecule has 0 aliphatic rings. The maximum atomic E-state index is 5.96. The smallest absolute Gasteiger partial charge is 0.0406 e. The van der Waals surface area contributed by atoms with Gasteiger partial charge in [-0.3, -0.25) is 0 Å². The van der Waals surface area contributed by atoms with Crippen LogP contribution >= 0.6 is 11.6 Å². The Morgan fingerprint density at radius 3 is 0.649 bits per heavy atom. The number of nitrogens with one attached hydrogen (secondary N) is 5. The second kappa shape index (κ2) is 52.8. The number of benzene rings is 8. The predicted octanol–water partition coefficient (Wildman–Crippen LogP) is 27.9. The third-order valence-electron chi connectivity index (χ3n) is 20.1. The molecule has 5 nitrogen and oxygen atoms in total. The SMILES string of the molecule is CC(C)=CC(C[C@H](C)c1ccc(C)cc1)NCc1ccc(C)cc1.CC(C)=CC(C[C@H](C)c1ccc(C)cc1)NCc1ccc(Cl)cc1.CC(C)=CC(C[C@H](C)c1ccc(C)cc1)NCc1ccccc1.CC(C)=C[C@@H](C[C@H](C)c1ccc(C)cc1)NCC(C)C.CC(C)=C[C@H](C[C@H](C)c1ccc(C)cc1)NCC(C)C. The summed E-state index contributed by atoms with van der Waals surface area (Å²) >= 11 is 5.96. The highest BCUT2D eigenvalue weighted by Gasteiger charge is 2.19. The highest BCUT2D eigenvalue weighted by atomic mass is 35.5. The first kappa shape index (κ1) is 95.9. The first-order valence-electron chi connectivity index (χ1n) is 41.8. The maximum Gasteiger partial charge on any atom is 0.0406 e. The largest absolute Gasteiger partial charge is 0.310 e. The average Bonchev–Trinajstić information content (AvgIpc) is 0.893. The van der Waals surface area contributed by atoms with Gasteiger partial charge < -0.3 is 26.6 Å². The van der Waals surface area contributed by atoms with Crippen LogP contribution < -0.4 is 26.6 Å². The highest BCUT2D eigenvalue weighted by molar-refractivity contribution is 6.30. The summed E-state index contributed by atoms with van der Waals surface area (Å²) in [5.41, 5.74) is 25.9. The number of rotatable bonds is 35. The van der Waals surface area contributed by atoms with Crippen LogP contribution in [0.15, 0.2) is 258 Å². The van der Waals surface area contributed by atoms with E-state index in [-0.39, 0.29) is 0 Å². The fourth-order valence-corrected chi connectivity index (χ4v) is 13.7. The minimum Gasteiger partial charge on any atom is -0.310 e. The lowest BCUT2D eigenvalue weighted by Gasteiger charge is -2.22. The lowest BCUT2D eigenvalue weighted by atomic mass is 9.92. The van der Waals surface area contributed by atoms with Crippen molar-refractivity contribution < 1.29 is 0 Å². The maximum absolute atomic E-state index is 5.96. The molecule has 0 radical (unpaired) electrons. The van der Waals surface area contributed by atoms with Gasteiger partial charge in [-0.05, 0) is 254 Å². The summed E-state index contributed by atoms with van der Waals surface area (Å²) in [5, 5.41) is 19.3. The van der Waals surface area contributed by atoms with E-state index < -0.39 is 0 Å². The quantitative estimate of drug-likeness (QED) is 0.0256. The molecule has 0 fully saturated rings. The van der Waals surface area contributed by atoms with Crippen molar-refractivity contribution in [1.82, 2.24) is 26.6 Å². The standard InChI is InChI=1S/C23H31N.C22H28ClN.C22H29N.2C19H31N/c1-17(2)14-23(24-16-21-10-6-18(3)7-11-21)15-20(5)22-12-8-19(4)9-13-22;1-16(2)13-22(24-15-19-7-11-21(23)12-8-19)14-18(4)20-9-5-17(3)6-10-20;1-17(2)14-22(23-16-20-8-6-5-7-9-20)15-19(4)21-12-10-18(3)11-13-21;2*1-14(2)11-19(20-13-15(3)4)12-17(6)18-9-7-16(5)8-10-18/h6-14,20,23-24H,15-16H2,1-5H3;5-13,18,22,24H,14-15H2,1-4H3;5-14,19,22-23H,15-16H2,1-4H3;2*7-11,15,17,19-20H,12-13H2,1-6H3/t20-,23?;18-,22?;19-,22?;17-,19+;17-,19-/m00000/s1. The molecule has 3 unspecified atom stereocenters. The topological polar surface area (TPSA) is 60.1 Å². The van der Waals surface area contributed by atoms with Crippen molar-refractivity contribution in [2.75, 3.05) is 13.1 Å². The third-order valence-corrected chi connectivity index (χ3v) is 20.4. The van der Waals surface area contributed by atoms with Gasteiger partial charge in [-0.2, -0.15) is 0 Å². The van der Waals surface area contributed by atoms with Crippen LogP contribution in [-0.4, -0.2) is 43.3 Å². The molecule has 111 heavy (non-hydrogen) atoms. The molecule has 0 heterocycles. The van der Waals surface area contributed by atoms with Crippen LogP contribution in [0.2, 0.25) is 5.02 Å². The Labute approximate surface area is 684 Å². The van der Waals surface area contributed by atoms with Crippen LogP contribution in [0.3, 0.4) is 0 Å². The molecule has 6 heteroatoms. The molecule has 0 spiro atoms. The van der Waals surface area contributed by atoms with Gasteiger partial charge in [-0.25, -0.2) is 0 Å². The Morgan fingerprint density at radius 2 is 0.441 bits per heavy atom. The summed E-state index contributed by atoms with van der Waals surface area (Å²) in [6.45, 7) is 60.1. The van der Waals surface area contributed by atoms with Crippen molar-refractivity contribution in [2.24, 2.45) is 11.8 Å². The summed E-state index contributed by atoms with van der Waals surface area (Å²) in [6, 6.07) is 74.3. The highest BCUT2D eigenvalue weighted by Crippen LogP contribution is 2.28. The normalized spacial score (nSPS) is 13.7. The summed E-state index contributed by atoms with van der Waals surface area (Å²) in [7, 11) is 0. The number of hydrogen-bond donors (Lipinski definition) is 5. The van der Waals surface area contributed by atoms with Gasteiger partial charge in [0.25, 0.3) is 0 Å². The molecule has 0 bridgehead atoms. The first-order valence-corrected chi connectivity index (χ1v) is 42.1. The lowest BCUT2D eigenvalue weighted by Crippen LogP contribution is -2.32. The van der Waals surface area contributed by atoms with E-state index in [4.69, 9.17) is 11.6 Å². The van der Waals surface area contributed by atoms with E-state index in [0.717, 1.165) is 69.9 Å². The molecule has 0 aromatic heterocycles. The van der Waals surface area contributed by atoms with Crippen LogP contribution in [0.25, 0.3) is 0 Å². The van der Waals surface area contributed by atoms with Gasteiger partial charge in [0.2, 0.25) is 0 Å². The van der Waals surface area contributed by atoms with Crippen molar-refractivity contribution in [3.8, 4) is 0 Å². The van der Waals surface area contributed by atoms with Crippen LogP contribution in [-0.2, 0) is 19.6 Å². The van der Waals surface area contributed by atoms with Crippen molar-refractivity contribution in [3.05, 3.63) is 341 Å². The lowest BCUT2D eigenvalue weighted by molar-refractivity contribution is 0.468. The summed E-state index contributed by atoms with van der Waals surface area (Å²) < 4.78 is 0. The van der Waals surface area contributed by atoms with Crippen LogP contribution in [0.4, 0.5) is 0 Å². The molecule has 0 saturated carbocycles. The summed E-state index contributed by atoms with van der Waals surface area (Å²) in [4.78, 5) is 0. The molecular formula is C105H150ClN5. The van der Waals surface area contributed by atoms with Gasteiger partial charge in [0, 0.05) is 54.9 Å². The van der Waals surface area contributed by atoms with Crippen LogP contribution in [0.5, 0.6) is 0 Å². The summed E-state index contributed by atoms with van der Waals surface area (Å²) in [6.07, 6.45) is 17.4. The zero-order valence-corrected chi connectivity index (χ0v) is 74.6. The molecular weight excluding hydrogens is 1370 g/mol. The molecule has 8 aromatic rings. The zero-order valence-electron chi connectivity index (χ0n) is 73.8. The minimum atomic E-state index is 0.363. The Bertz CT molecular complexity index is 3730. The Balaban J connectivity index is 0.000000293. The molecule has 0 saturated heterocycles. The second-order valence-electron chi connectivity index (χ2n) is 34.3. The van der Waals surface area contributed by atoms with E-state index in [1.54, 1.807) is 0 Å².